The van der Waals surface area contributed by atoms with Crippen LogP contribution in [0.4, 0.5) is 5.69 Å². The van der Waals surface area contributed by atoms with Crippen molar-refractivity contribution in [1.82, 2.24) is 19.1 Å². The van der Waals surface area contributed by atoms with Crippen molar-refractivity contribution >= 4 is 33.4 Å². The molecule has 1 atom stereocenters. The number of carbonyl (C=O) groups is 1. The van der Waals surface area contributed by atoms with Gasteiger partial charge in [0.25, 0.3) is 0 Å². The molecule has 1 aromatic heterocycles. The molecule has 33 heavy (non-hydrogen) atoms. The van der Waals surface area contributed by atoms with E-state index in [-0.39, 0.29) is 10.8 Å². The smallest absolute Gasteiger partial charge is 0.243 e. The first-order valence-electron chi connectivity index (χ1n) is 10.8. The first-order chi connectivity index (χ1) is 15.8. The van der Waals surface area contributed by atoms with Gasteiger partial charge in [0.1, 0.15) is 6.33 Å². The van der Waals surface area contributed by atoms with Crippen LogP contribution in [0.3, 0.4) is 0 Å². The molecule has 0 spiro atoms. The Kier molecular flexibility index (Phi) is 6.87. The summed E-state index contributed by atoms with van der Waals surface area (Å²) >= 11 is 1.31. The fraction of sp³-hybridized carbons (Fsp3) is 0.348. The third kappa shape index (κ3) is 5.13. The lowest BCUT2D eigenvalue weighted by atomic mass is 10.1. The Morgan fingerprint density at radius 1 is 1.09 bits per heavy atom. The van der Waals surface area contributed by atoms with Crippen LogP contribution in [-0.4, -0.2) is 51.7 Å². The second-order valence-corrected chi connectivity index (χ2v) is 11.4. The third-order valence-corrected chi connectivity index (χ3v) is 8.57. The number of carbonyl (C=O) groups excluding carboxylic acids is 1. The van der Waals surface area contributed by atoms with Crippen LogP contribution in [0.5, 0.6) is 0 Å². The van der Waals surface area contributed by atoms with Crippen molar-refractivity contribution in [2.45, 2.75) is 48.9 Å². The monoisotopic (exact) mass is 485 g/mol. The maximum atomic E-state index is 12.8. The zero-order valence-corrected chi connectivity index (χ0v) is 20.5. The van der Waals surface area contributed by atoms with E-state index in [4.69, 9.17) is 0 Å². The van der Waals surface area contributed by atoms with Gasteiger partial charge in [-0.25, -0.2) is 8.42 Å². The number of amides is 1. The molecule has 8 nitrogen and oxygen atoms in total. The van der Waals surface area contributed by atoms with Gasteiger partial charge in [-0.2, -0.15) is 4.31 Å². The van der Waals surface area contributed by atoms with Crippen molar-refractivity contribution in [2.24, 2.45) is 0 Å². The summed E-state index contributed by atoms with van der Waals surface area (Å²) in [5, 5.41) is 11.2. The zero-order valence-electron chi connectivity index (χ0n) is 18.9. The minimum atomic E-state index is -3.47. The lowest BCUT2D eigenvalue weighted by Gasteiger charge is -2.16. The summed E-state index contributed by atoms with van der Waals surface area (Å²) in [5.41, 5.74) is 3.78. The molecule has 2 aromatic carbocycles. The van der Waals surface area contributed by atoms with Gasteiger partial charge in [-0.1, -0.05) is 29.5 Å². The molecular formula is C23H27N5O3S2. The standard InChI is InChI=1S/C23H27N5O3S2/c1-16-6-11-21(17(2)14-16)28-15-24-26-23(28)32-18(3)22(29)25-19-7-9-20(10-8-19)33(30,31)27-12-4-5-13-27/h6-11,14-15,18H,4-5,12-13H2,1-3H3,(H,25,29). The number of anilines is 1. The number of aromatic nitrogens is 3. The molecular weight excluding hydrogens is 458 g/mol. The molecule has 1 unspecified atom stereocenters. The summed E-state index contributed by atoms with van der Waals surface area (Å²) in [5.74, 6) is -0.203. The van der Waals surface area contributed by atoms with Gasteiger partial charge in [-0.3, -0.25) is 9.36 Å². The topological polar surface area (TPSA) is 97.2 Å². The van der Waals surface area contributed by atoms with E-state index in [1.807, 2.05) is 30.5 Å². The van der Waals surface area contributed by atoms with Crippen molar-refractivity contribution in [2.75, 3.05) is 18.4 Å². The average molecular weight is 486 g/mol. The summed E-state index contributed by atoms with van der Waals surface area (Å²) in [6.07, 6.45) is 3.42. The average Bonchev–Trinajstić information content (AvgIpc) is 3.47. The number of nitrogens with zero attached hydrogens (tertiary/aromatic N) is 4. The van der Waals surface area contributed by atoms with Crippen molar-refractivity contribution in [3.05, 3.63) is 59.9 Å². The van der Waals surface area contributed by atoms with E-state index in [9.17, 15) is 13.2 Å². The first kappa shape index (κ1) is 23.5. The Hall–Kier alpha value is -2.69. The van der Waals surface area contributed by atoms with Gasteiger partial charge in [0.2, 0.25) is 15.9 Å². The lowest BCUT2D eigenvalue weighted by Crippen LogP contribution is -2.27. The van der Waals surface area contributed by atoms with Crippen molar-refractivity contribution < 1.29 is 13.2 Å². The second kappa shape index (κ2) is 9.66. The minimum Gasteiger partial charge on any atom is -0.325 e. The summed E-state index contributed by atoms with van der Waals surface area (Å²) in [4.78, 5) is 13.0. The van der Waals surface area contributed by atoms with E-state index in [1.165, 1.54) is 33.8 Å². The van der Waals surface area contributed by atoms with Crippen LogP contribution < -0.4 is 5.32 Å². The van der Waals surface area contributed by atoms with Crippen molar-refractivity contribution in [3.63, 3.8) is 0 Å². The summed E-state index contributed by atoms with van der Waals surface area (Å²) in [6, 6.07) is 12.5. The van der Waals surface area contributed by atoms with Crippen LogP contribution in [0.1, 0.15) is 30.9 Å². The van der Waals surface area contributed by atoms with Gasteiger partial charge in [0.05, 0.1) is 15.8 Å². The number of hydrogen-bond donors (Lipinski definition) is 1. The predicted molar refractivity (Wildman–Crippen MR) is 129 cm³/mol. The number of hydrogen-bond acceptors (Lipinski definition) is 6. The SMILES string of the molecule is Cc1ccc(-n2cnnc2SC(C)C(=O)Nc2ccc(S(=O)(=O)N3CCCC3)cc2)c(C)c1. The molecule has 1 fully saturated rings. The van der Waals surface area contributed by atoms with Gasteiger partial charge in [0.15, 0.2) is 5.16 Å². The minimum absolute atomic E-state index is 0.203. The Labute approximate surface area is 198 Å². The predicted octanol–water partition coefficient (Wildman–Crippen LogP) is 3.79. The largest absolute Gasteiger partial charge is 0.325 e. The highest BCUT2D eigenvalue weighted by Crippen LogP contribution is 2.27. The Morgan fingerprint density at radius 3 is 2.45 bits per heavy atom. The highest BCUT2D eigenvalue weighted by Gasteiger charge is 2.27. The normalized spacial score (nSPS) is 15.5. The zero-order chi connectivity index (χ0) is 23.6. The van der Waals surface area contributed by atoms with Crippen molar-refractivity contribution in [1.29, 1.82) is 0 Å². The highest BCUT2D eigenvalue weighted by molar-refractivity contribution is 8.00. The van der Waals surface area contributed by atoms with E-state index in [1.54, 1.807) is 25.4 Å². The second-order valence-electron chi connectivity index (χ2n) is 8.16. The van der Waals surface area contributed by atoms with Gasteiger partial charge < -0.3 is 5.32 Å². The maximum Gasteiger partial charge on any atom is 0.243 e. The van der Waals surface area contributed by atoms with E-state index in [0.717, 1.165) is 24.1 Å². The summed E-state index contributed by atoms with van der Waals surface area (Å²) in [7, 11) is -3.47. The molecule has 1 N–H and O–H groups in total. The molecule has 0 bridgehead atoms. The third-order valence-electron chi connectivity index (χ3n) is 5.60. The summed E-state index contributed by atoms with van der Waals surface area (Å²) in [6.45, 7) is 6.98. The van der Waals surface area contributed by atoms with E-state index in [2.05, 4.69) is 21.6 Å². The van der Waals surface area contributed by atoms with E-state index >= 15 is 0 Å². The maximum absolute atomic E-state index is 12.8. The summed E-state index contributed by atoms with van der Waals surface area (Å²) < 4.78 is 28.7. The van der Waals surface area contributed by atoms with Crippen molar-refractivity contribution in [3.8, 4) is 5.69 Å². The van der Waals surface area contributed by atoms with Gasteiger partial charge in [0, 0.05) is 18.8 Å². The Morgan fingerprint density at radius 2 is 1.79 bits per heavy atom. The lowest BCUT2D eigenvalue weighted by molar-refractivity contribution is -0.115. The molecule has 1 aliphatic rings. The molecule has 0 aliphatic carbocycles. The van der Waals surface area contributed by atoms with Crippen LogP contribution >= 0.6 is 11.8 Å². The molecule has 174 valence electrons. The van der Waals surface area contributed by atoms with Crippen LogP contribution in [0.15, 0.2) is 58.8 Å². The Bertz CT molecular complexity index is 1250. The number of rotatable bonds is 7. The Balaban J connectivity index is 1.42. The number of nitrogens with one attached hydrogen (secondary N) is 1. The molecule has 2 heterocycles. The van der Waals surface area contributed by atoms with Crippen LogP contribution in [0.2, 0.25) is 0 Å². The molecule has 1 saturated heterocycles. The fourth-order valence-electron chi connectivity index (χ4n) is 3.79. The van der Waals surface area contributed by atoms with E-state index in [0.29, 0.717) is 23.9 Å². The van der Waals surface area contributed by atoms with Gasteiger partial charge in [-0.05, 0) is 69.5 Å². The van der Waals surface area contributed by atoms with Crippen LogP contribution in [0.25, 0.3) is 5.69 Å². The molecule has 0 saturated carbocycles. The first-order valence-corrected chi connectivity index (χ1v) is 13.1. The highest BCUT2D eigenvalue weighted by atomic mass is 32.2. The number of aryl methyl sites for hydroxylation is 2. The quantitative estimate of drug-likeness (QED) is 0.512. The van der Waals surface area contributed by atoms with E-state index < -0.39 is 15.3 Å². The molecule has 0 radical (unpaired) electrons. The molecule has 3 aromatic rings. The molecule has 4 rings (SSSR count). The van der Waals surface area contributed by atoms with Crippen LogP contribution in [0, 0.1) is 13.8 Å². The van der Waals surface area contributed by atoms with Crippen LogP contribution in [-0.2, 0) is 14.8 Å². The number of sulfonamides is 1. The van der Waals surface area contributed by atoms with Gasteiger partial charge in [-0.15, -0.1) is 10.2 Å². The molecule has 1 aliphatic heterocycles. The fourth-order valence-corrected chi connectivity index (χ4v) is 6.14. The number of thioether (sulfide) groups is 1. The van der Waals surface area contributed by atoms with Gasteiger partial charge >= 0.3 is 0 Å². The molecule has 10 heteroatoms. The number of benzene rings is 2. The molecule has 1 amide bonds.